The summed E-state index contributed by atoms with van der Waals surface area (Å²) in [6.45, 7) is 4.34. The first-order valence-corrected chi connectivity index (χ1v) is 12.0. The number of benzene rings is 3. The van der Waals surface area contributed by atoms with E-state index in [-0.39, 0.29) is 18.0 Å². The van der Waals surface area contributed by atoms with E-state index in [1.165, 1.54) is 12.1 Å². The van der Waals surface area contributed by atoms with E-state index in [4.69, 9.17) is 4.74 Å². The second-order valence-corrected chi connectivity index (χ2v) is 9.02. The summed E-state index contributed by atoms with van der Waals surface area (Å²) in [6.07, 6.45) is 0.839. The summed E-state index contributed by atoms with van der Waals surface area (Å²) < 4.78 is 33.5. The molecule has 7 heteroatoms. The van der Waals surface area contributed by atoms with E-state index in [0.717, 1.165) is 21.9 Å². The van der Waals surface area contributed by atoms with Crippen molar-refractivity contribution in [1.82, 2.24) is 5.32 Å². The van der Waals surface area contributed by atoms with Crippen molar-refractivity contribution in [2.75, 3.05) is 17.5 Å². The van der Waals surface area contributed by atoms with Crippen LogP contribution in [0.15, 0.2) is 83.8 Å². The molecule has 0 aliphatic carbocycles. The lowest BCUT2D eigenvalue weighted by Crippen LogP contribution is -2.40. The molecule has 0 saturated heterocycles. The number of carbonyl (C=O) groups is 1. The first-order valence-electron chi connectivity index (χ1n) is 10.6. The highest BCUT2D eigenvalue weighted by atomic mass is 32.2. The fraction of sp³-hybridized carbons (Fsp3) is 0.240. The highest BCUT2D eigenvalue weighted by Gasteiger charge is 2.27. The van der Waals surface area contributed by atoms with E-state index < -0.39 is 15.9 Å². The quantitative estimate of drug-likeness (QED) is 0.501. The molecule has 0 radical (unpaired) electrons. The predicted octanol–water partition coefficient (Wildman–Crippen LogP) is 4.16. The lowest BCUT2D eigenvalue weighted by molar-refractivity contribution is -0.119. The first kappa shape index (κ1) is 23.3. The Balaban J connectivity index is 1.83. The van der Waals surface area contributed by atoms with Gasteiger partial charge in [-0.05, 0) is 49.2 Å². The van der Waals surface area contributed by atoms with Gasteiger partial charge in [-0.25, -0.2) is 8.42 Å². The smallest absolute Gasteiger partial charge is 0.264 e. The number of nitrogens with zero attached hydrogens (tertiary/aromatic N) is 1. The number of anilines is 1. The fourth-order valence-electron chi connectivity index (χ4n) is 3.26. The number of para-hydroxylation sites is 1. The van der Waals surface area contributed by atoms with Gasteiger partial charge in [-0.1, -0.05) is 55.5 Å². The molecule has 168 valence electrons. The number of nitrogens with one attached hydrogen (secondary N) is 1. The lowest BCUT2D eigenvalue weighted by atomic mass is 10.1. The van der Waals surface area contributed by atoms with Gasteiger partial charge in [0, 0.05) is 12.1 Å². The second kappa shape index (κ2) is 10.8. The predicted molar refractivity (Wildman–Crippen MR) is 126 cm³/mol. The number of hydrogen-bond acceptors (Lipinski definition) is 4. The van der Waals surface area contributed by atoms with Crippen LogP contribution in [0.25, 0.3) is 0 Å². The zero-order valence-electron chi connectivity index (χ0n) is 18.3. The summed E-state index contributed by atoms with van der Waals surface area (Å²) in [7, 11) is -3.92. The van der Waals surface area contributed by atoms with Crippen molar-refractivity contribution in [2.45, 2.75) is 31.7 Å². The van der Waals surface area contributed by atoms with Crippen LogP contribution in [-0.4, -0.2) is 27.5 Å². The van der Waals surface area contributed by atoms with Gasteiger partial charge < -0.3 is 10.1 Å². The molecule has 0 aliphatic heterocycles. The highest BCUT2D eigenvalue weighted by molar-refractivity contribution is 7.92. The topological polar surface area (TPSA) is 75.7 Å². The maximum atomic E-state index is 13.4. The van der Waals surface area contributed by atoms with Crippen LogP contribution in [-0.2, 0) is 27.8 Å². The van der Waals surface area contributed by atoms with Gasteiger partial charge >= 0.3 is 0 Å². The molecule has 3 rings (SSSR count). The minimum absolute atomic E-state index is 0.133. The molecule has 6 nitrogen and oxygen atoms in total. The second-order valence-electron chi connectivity index (χ2n) is 7.16. The van der Waals surface area contributed by atoms with Crippen molar-refractivity contribution in [3.63, 3.8) is 0 Å². The third kappa shape index (κ3) is 5.68. The number of carbonyl (C=O) groups excluding carboxylic acids is 1. The molecule has 3 aromatic rings. The Kier molecular flexibility index (Phi) is 7.89. The van der Waals surface area contributed by atoms with Crippen LogP contribution in [0, 0.1) is 0 Å². The molecule has 0 unspecified atom stereocenters. The van der Waals surface area contributed by atoms with E-state index >= 15 is 0 Å². The molecular weight excluding hydrogens is 424 g/mol. The molecule has 0 bridgehead atoms. The summed E-state index contributed by atoms with van der Waals surface area (Å²) in [4.78, 5) is 12.9. The van der Waals surface area contributed by atoms with Crippen molar-refractivity contribution in [2.24, 2.45) is 0 Å². The average molecular weight is 453 g/mol. The van der Waals surface area contributed by atoms with Crippen molar-refractivity contribution in [3.8, 4) is 5.75 Å². The van der Waals surface area contributed by atoms with Gasteiger partial charge in [-0.2, -0.15) is 0 Å². The van der Waals surface area contributed by atoms with Crippen molar-refractivity contribution in [1.29, 1.82) is 0 Å². The van der Waals surface area contributed by atoms with Crippen LogP contribution in [0.3, 0.4) is 0 Å². The zero-order valence-corrected chi connectivity index (χ0v) is 19.1. The number of rotatable bonds is 10. The van der Waals surface area contributed by atoms with Gasteiger partial charge in [0.05, 0.1) is 17.2 Å². The normalized spacial score (nSPS) is 11.1. The molecule has 0 saturated carbocycles. The number of aryl methyl sites for hydroxylation is 1. The highest BCUT2D eigenvalue weighted by Crippen LogP contribution is 2.24. The number of hydrogen-bond donors (Lipinski definition) is 1. The summed E-state index contributed by atoms with van der Waals surface area (Å²) in [5, 5.41) is 2.82. The Bertz CT molecular complexity index is 1130. The summed E-state index contributed by atoms with van der Waals surface area (Å²) in [6, 6.07) is 22.8. The zero-order chi connectivity index (χ0) is 23.0. The number of amides is 1. The van der Waals surface area contributed by atoms with Crippen molar-refractivity contribution >= 4 is 21.6 Å². The molecule has 0 spiro atoms. The largest absolute Gasteiger partial charge is 0.494 e. The van der Waals surface area contributed by atoms with Gasteiger partial charge in [-0.15, -0.1) is 0 Å². The van der Waals surface area contributed by atoms with Crippen LogP contribution >= 0.6 is 0 Å². The van der Waals surface area contributed by atoms with Crippen molar-refractivity contribution < 1.29 is 17.9 Å². The SMILES string of the molecule is CCOc1ccccc1CNC(=O)CN(c1ccc(CC)cc1)S(=O)(=O)c1ccccc1. The molecule has 0 aromatic heterocycles. The fourth-order valence-corrected chi connectivity index (χ4v) is 4.70. The minimum atomic E-state index is -3.92. The Morgan fingerprint density at radius 3 is 2.22 bits per heavy atom. The maximum Gasteiger partial charge on any atom is 0.264 e. The third-order valence-corrected chi connectivity index (χ3v) is 6.79. The van der Waals surface area contributed by atoms with Crippen LogP contribution < -0.4 is 14.4 Å². The van der Waals surface area contributed by atoms with Crippen LogP contribution in [0.1, 0.15) is 25.0 Å². The van der Waals surface area contributed by atoms with Gasteiger partial charge in [0.2, 0.25) is 5.91 Å². The number of ether oxygens (including phenoxy) is 1. The van der Waals surface area contributed by atoms with E-state index in [1.54, 1.807) is 30.3 Å². The van der Waals surface area contributed by atoms with Gasteiger partial charge in [0.15, 0.2) is 0 Å². The van der Waals surface area contributed by atoms with Crippen molar-refractivity contribution in [3.05, 3.63) is 90.0 Å². The van der Waals surface area contributed by atoms with Gasteiger partial charge in [0.1, 0.15) is 12.3 Å². The van der Waals surface area contributed by atoms with E-state index in [9.17, 15) is 13.2 Å². The van der Waals surface area contributed by atoms with Gasteiger partial charge in [0.25, 0.3) is 10.0 Å². The Morgan fingerprint density at radius 2 is 1.56 bits per heavy atom. The van der Waals surface area contributed by atoms with E-state index in [0.29, 0.717) is 18.0 Å². The molecule has 0 heterocycles. The van der Waals surface area contributed by atoms with E-state index in [2.05, 4.69) is 5.32 Å². The third-order valence-electron chi connectivity index (χ3n) is 5.00. The molecule has 1 amide bonds. The van der Waals surface area contributed by atoms with Crippen LogP contribution in [0.5, 0.6) is 5.75 Å². The van der Waals surface area contributed by atoms with Gasteiger partial charge in [-0.3, -0.25) is 9.10 Å². The van der Waals surface area contributed by atoms with Crippen LogP contribution in [0.2, 0.25) is 0 Å². The monoisotopic (exact) mass is 452 g/mol. The van der Waals surface area contributed by atoms with Crippen LogP contribution in [0.4, 0.5) is 5.69 Å². The summed E-state index contributed by atoms with van der Waals surface area (Å²) in [5.41, 5.74) is 2.35. The molecule has 32 heavy (non-hydrogen) atoms. The molecule has 0 fully saturated rings. The maximum absolute atomic E-state index is 13.4. The summed E-state index contributed by atoms with van der Waals surface area (Å²) >= 11 is 0. The standard InChI is InChI=1S/C25H28N2O4S/c1-3-20-14-16-22(17-15-20)27(32(29,30)23-11-6-5-7-12-23)19-25(28)26-18-21-10-8-9-13-24(21)31-4-2/h5-17H,3-4,18-19H2,1-2H3,(H,26,28). The minimum Gasteiger partial charge on any atom is -0.494 e. The van der Waals surface area contributed by atoms with E-state index in [1.807, 2.05) is 50.2 Å². The Morgan fingerprint density at radius 1 is 0.906 bits per heavy atom. The molecule has 0 aliphatic rings. The molecule has 1 N–H and O–H groups in total. The average Bonchev–Trinajstić information content (AvgIpc) is 2.83. The molecular formula is C25H28N2O4S. The lowest BCUT2D eigenvalue weighted by Gasteiger charge is -2.24. The Hall–Kier alpha value is -3.32. The molecule has 0 atom stereocenters. The molecule has 3 aromatic carbocycles. The number of sulfonamides is 1. The first-order chi connectivity index (χ1) is 15.5. The summed E-state index contributed by atoms with van der Waals surface area (Å²) in [5.74, 6) is 0.287. The Labute approximate surface area is 189 Å².